The third-order valence-corrected chi connectivity index (χ3v) is 11.7. The second-order valence-corrected chi connectivity index (χ2v) is 15.0. The Labute approximate surface area is 209 Å². The van der Waals surface area contributed by atoms with Gasteiger partial charge in [0.15, 0.2) is 5.78 Å². The van der Waals surface area contributed by atoms with Crippen molar-refractivity contribution in [3.63, 3.8) is 0 Å². The van der Waals surface area contributed by atoms with E-state index in [0.29, 0.717) is 36.2 Å². The van der Waals surface area contributed by atoms with Crippen LogP contribution in [-0.2, 0) is 21.2 Å². The lowest BCUT2D eigenvalue weighted by Crippen LogP contribution is -2.59. The molecule has 1 heterocycles. The molecule has 8 heteroatoms. The van der Waals surface area contributed by atoms with E-state index in [1.165, 1.54) is 12.5 Å². The van der Waals surface area contributed by atoms with E-state index in [0.717, 1.165) is 44.9 Å². The van der Waals surface area contributed by atoms with Crippen molar-refractivity contribution in [2.45, 2.75) is 83.8 Å². The minimum Gasteiger partial charge on any atom is -0.390 e. The number of aromatic nitrogens is 2. The third kappa shape index (κ3) is 4.27. The molecule has 1 N–H and O–H groups in total. The molecule has 7 nitrogen and oxygen atoms in total. The Morgan fingerprint density at radius 1 is 1.17 bits per heavy atom. The first-order valence-corrected chi connectivity index (χ1v) is 15.3. The fourth-order valence-corrected chi connectivity index (χ4v) is 10.9. The molecule has 0 aromatic carbocycles. The lowest BCUT2D eigenvalue weighted by atomic mass is 9.44. The summed E-state index contributed by atoms with van der Waals surface area (Å²) >= 11 is 0. The summed E-state index contributed by atoms with van der Waals surface area (Å²) in [7, 11) is -3.16. The van der Waals surface area contributed by atoms with Gasteiger partial charge in [-0.1, -0.05) is 6.92 Å². The molecule has 0 spiro atoms. The summed E-state index contributed by atoms with van der Waals surface area (Å²) in [5.74, 6) is 1.90. The van der Waals surface area contributed by atoms with Crippen LogP contribution in [0.25, 0.3) is 0 Å². The second kappa shape index (κ2) is 8.41. The fraction of sp³-hybridized carbons (Fsp3) is 0.815. The first kappa shape index (κ1) is 25.0. The van der Waals surface area contributed by atoms with Crippen LogP contribution < -0.4 is 0 Å². The Hall–Kier alpha value is -1.72. The highest BCUT2D eigenvalue weighted by atomic mass is 32.2. The maximum atomic E-state index is 13.4. The molecule has 192 valence electrons. The molecule has 1 unspecified atom stereocenters. The lowest BCUT2D eigenvalue weighted by molar-refractivity contribution is -0.149. The number of sulfone groups is 1. The molecule has 4 fully saturated rings. The first-order valence-electron chi connectivity index (χ1n) is 13.2. The highest BCUT2D eigenvalue weighted by Gasteiger charge is 2.63. The van der Waals surface area contributed by atoms with Crippen LogP contribution in [0.1, 0.15) is 77.2 Å². The predicted molar refractivity (Wildman–Crippen MR) is 132 cm³/mol. The summed E-state index contributed by atoms with van der Waals surface area (Å²) < 4.78 is 26.9. The van der Waals surface area contributed by atoms with E-state index < -0.39 is 15.4 Å². The zero-order valence-corrected chi connectivity index (χ0v) is 22.1. The zero-order chi connectivity index (χ0) is 25.2. The Morgan fingerprint density at radius 2 is 1.94 bits per heavy atom. The van der Waals surface area contributed by atoms with Gasteiger partial charge in [-0.15, -0.1) is 0 Å². The van der Waals surface area contributed by atoms with Crippen molar-refractivity contribution in [1.29, 1.82) is 5.26 Å². The fourth-order valence-electron chi connectivity index (χ4n) is 9.31. The summed E-state index contributed by atoms with van der Waals surface area (Å²) in [6.45, 7) is 4.42. The number of ketones is 1. The molecule has 0 radical (unpaired) electrons. The van der Waals surface area contributed by atoms with Crippen LogP contribution in [0.2, 0.25) is 0 Å². The standard InChI is InChI=1S/C27H39N3O4S/c1-25(32)10-11-27(17-35(3,33)34)19(12-25)4-5-20-21-6-7-23(26(21,2)9-8-22(20)27)24(31)16-30-15-18(13-28)14-29-30/h14-15,19-23,32H,4-12,16-17H2,1-3H3/t19-,20?,21+,22+,23-,25-,26+,27-/m1/s1. The molecule has 0 amide bonds. The Kier molecular flexibility index (Phi) is 6.00. The van der Waals surface area contributed by atoms with Gasteiger partial charge in [-0.25, -0.2) is 8.42 Å². The van der Waals surface area contributed by atoms with Gasteiger partial charge in [-0.05, 0) is 99.2 Å². The number of carbonyl (C=O) groups excluding carboxylic acids is 1. The van der Waals surface area contributed by atoms with E-state index in [1.807, 2.05) is 6.92 Å². The van der Waals surface area contributed by atoms with Crippen molar-refractivity contribution in [2.75, 3.05) is 12.0 Å². The van der Waals surface area contributed by atoms with Gasteiger partial charge in [0.05, 0.1) is 29.7 Å². The zero-order valence-electron chi connectivity index (χ0n) is 21.2. The number of Topliss-reactive ketones (excluding diaryl/α,β-unsaturated/α-hetero) is 1. The maximum Gasteiger partial charge on any atom is 0.157 e. The number of hydrogen-bond donors (Lipinski definition) is 1. The van der Waals surface area contributed by atoms with Crippen molar-refractivity contribution in [1.82, 2.24) is 9.78 Å². The number of rotatable bonds is 5. The maximum absolute atomic E-state index is 13.4. The predicted octanol–water partition coefficient (Wildman–Crippen LogP) is 3.76. The van der Waals surface area contributed by atoms with E-state index >= 15 is 0 Å². The normalized spacial score (nSPS) is 43.0. The average Bonchev–Trinajstić information content (AvgIpc) is 3.36. The largest absolute Gasteiger partial charge is 0.390 e. The van der Waals surface area contributed by atoms with Gasteiger partial charge in [0, 0.05) is 18.4 Å². The minimum absolute atomic E-state index is 0.0149. The Morgan fingerprint density at radius 3 is 2.63 bits per heavy atom. The van der Waals surface area contributed by atoms with Crippen LogP contribution >= 0.6 is 0 Å². The number of carbonyl (C=O) groups is 1. The van der Waals surface area contributed by atoms with Gasteiger partial charge in [0.1, 0.15) is 15.9 Å². The van der Waals surface area contributed by atoms with Crippen LogP contribution in [0.15, 0.2) is 12.4 Å². The van der Waals surface area contributed by atoms with Gasteiger partial charge in [0.25, 0.3) is 0 Å². The monoisotopic (exact) mass is 501 g/mol. The average molecular weight is 502 g/mol. The third-order valence-electron chi connectivity index (χ3n) is 10.7. The molecule has 4 aliphatic rings. The van der Waals surface area contributed by atoms with E-state index in [9.17, 15) is 18.3 Å². The van der Waals surface area contributed by atoms with Crippen molar-refractivity contribution in [3.8, 4) is 6.07 Å². The topological polar surface area (TPSA) is 113 Å². The number of nitrogens with zero attached hydrogens (tertiary/aromatic N) is 3. The molecule has 1 aromatic heterocycles. The summed E-state index contributed by atoms with van der Waals surface area (Å²) in [6, 6.07) is 2.07. The van der Waals surface area contributed by atoms with Crippen molar-refractivity contribution < 1.29 is 18.3 Å². The first-order chi connectivity index (χ1) is 16.4. The smallest absolute Gasteiger partial charge is 0.157 e. The summed E-state index contributed by atoms with van der Waals surface area (Å²) in [6.07, 6.45) is 12.5. The van der Waals surface area contributed by atoms with Crippen molar-refractivity contribution >= 4 is 15.6 Å². The molecule has 1 aromatic rings. The van der Waals surface area contributed by atoms with Crippen LogP contribution in [-0.4, -0.2) is 46.7 Å². The van der Waals surface area contributed by atoms with Gasteiger partial charge in [-0.3, -0.25) is 9.48 Å². The van der Waals surface area contributed by atoms with E-state index in [1.54, 1.807) is 10.9 Å². The second-order valence-electron chi connectivity index (χ2n) is 12.8. The number of aliphatic hydroxyl groups is 1. The minimum atomic E-state index is -3.16. The van der Waals surface area contributed by atoms with Gasteiger partial charge >= 0.3 is 0 Å². The molecule has 4 aliphatic carbocycles. The van der Waals surface area contributed by atoms with Gasteiger partial charge < -0.3 is 5.11 Å². The highest BCUT2D eigenvalue weighted by molar-refractivity contribution is 7.90. The summed E-state index contributed by atoms with van der Waals surface area (Å²) in [5.41, 5.74) is -0.550. The Balaban J connectivity index is 1.40. The lowest BCUT2D eigenvalue weighted by Gasteiger charge is -2.62. The molecular weight excluding hydrogens is 462 g/mol. The quantitative estimate of drug-likeness (QED) is 0.657. The van der Waals surface area contributed by atoms with Crippen molar-refractivity contribution in [2.24, 2.45) is 40.4 Å². The molecule has 5 rings (SSSR count). The molecular formula is C27H39N3O4S. The number of fused-ring (bicyclic) bond motifs is 5. The Bertz CT molecular complexity index is 1150. The molecule has 0 saturated heterocycles. The molecule has 0 aliphatic heterocycles. The summed E-state index contributed by atoms with van der Waals surface area (Å²) in [5, 5.41) is 24.1. The van der Waals surface area contributed by atoms with E-state index in [-0.39, 0.29) is 40.7 Å². The highest BCUT2D eigenvalue weighted by Crippen LogP contribution is 2.68. The molecule has 35 heavy (non-hydrogen) atoms. The number of hydrogen-bond acceptors (Lipinski definition) is 6. The van der Waals surface area contributed by atoms with Crippen LogP contribution in [0.5, 0.6) is 0 Å². The molecule has 4 saturated carbocycles. The van der Waals surface area contributed by atoms with E-state index in [2.05, 4.69) is 18.1 Å². The van der Waals surface area contributed by atoms with Gasteiger partial charge in [0.2, 0.25) is 0 Å². The summed E-state index contributed by atoms with van der Waals surface area (Å²) in [4.78, 5) is 13.4. The van der Waals surface area contributed by atoms with Crippen LogP contribution in [0.3, 0.4) is 0 Å². The van der Waals surface area contributed by atoms with Crippen LogP contribution in [0, 0.1) is 51.8 Å². The molecule has 0 bridgehead atoms. The van der Waals surface area contributed by atoms with Crippen LogP contribution in [0.4, 0.5) is 0 Å². The van der Waals surface area contributed by atoms with E-state index in [4.69, 9.17) is 5.26 Å². The molecule has 8 atom stereocenters. The SMILES string of the molecule is C[C@@]1(O)CC[C@@]2(CS(C)(=O)=O)[C@H](CCC3[C@@H]4CC[C@H](C(=O)Cn5cc(C#N)cn5)[C@@]4(C)CC[C@@H]32)C1. The van der Waals surface area contributed by atoms with Gasteiger partial charge in [-0.2, -0.15) is 10.4 Å². The number of nitriles is 1. The van der Waals surface area contributed by atoms with Crippen molar-refractivity contribution in [3.05, 3.63) is 18.0 Å².